The smallest absolute Gasteiger partial charge is 0.183 e. The van der Waals surface area contributed by atoms with Crippen molar-refractivity contribution in [3.8, 4) is 0 Å². The molecular formula is C9H15N3S. The van der Waals surface area contributed by atoms with E-state index in [1.165, 1.54) is 12.8 Å². The van der Waals surface area contributed by atoms with E-state index in [1.807, 2.05) is 6.92 Å². The van der Waals surface area contributed by atoms with E-state index in [2.05, 4.69) is 21.0 Å². The predicted octanol–water partition coefficient (Wildman–Crippen LogP) is 1.62. The number of thiazole rings is 1. The summed E-state index contributed by atoms with van der Waals surface area (Å²) in [6.07, 6.45) is 2.41. The van der Waals surface area contributed by atoms with Crippen LogP contribution in [0, 0.1) is 6.92 Å². The van der Waals surface area contributed by atoms with E-state index < -0.39 is 0 Å². The molecule has 0 unspecified atom stereocenters. The molecule has 13 heavy (non-hydrogen) atoms. The molecule has 1 aliphatic rings. The van der Waals surface area contributed by atoms with Gasteiger partial charge in [-0.3, -0.25) is 0 Å². The van der Waals surface area contributed by atoms with E-state index in [0.29, 0.717) is 6.04 Å². The van der Waals surface area contributed by atoms with E-state index in [4.69, 9.17) is 0 Å². The number of hydrogen-bond donors (Lipinski definition) is 2. The van der Waals surface area contributed by atoms with Gasteiger partial charge in [0.1, 0.15) is 0 Å². The van der Waals surface area contributed by atoms with Crippen LogP contribution in [0.1, 0.15) is 18.5 Å². The molecule has 0 bridgehead atoms. The molecular weight excluding hydrogens is 182 g/mol. The van der Waals surface area contributed by atoms with Crippen LogP contribution in [0.15, 0.2) is 5.38 Å². The van der Waals surface area contributed by atoms with Crippen molar-refractivity contribution in [2.24, 2.45) is 0 Å². The lowest BCUT2D eigenvalue weighted by Crippen LogP contribution is -2.35. The SMILES string of the molecule is Cc1csc(NC2CCNCC2)n1. The van der Waals surface area contributed by atoms with Gasteiger partial charge in [-0.15, -0.1) is 11.3 Å². The molecule has 3 nitrogen and oxygen atoms in total. The molecule has 0 radical (unpaired) electrons. The Bertz CT molecular complexity index is 266. The molecule has 1 aromatic rings. The normalized spacial score (nSPS) is 18.8. The van der Waals surface area contributed by atoms with Gasteiger partial charge in [0, 0.05) is 11.4 Å². The summed E-state index contributed by atoms with van der Waals surface area (Å²) in [5, 5.41) is 9.98. The molecule has 0 amide bonds. The lowest BCUT2D eigenvalue weighted by molar-refractivity contribution is 0.479. The average molecular weight is 197 g/mol. The highest BCUT2D eigenvalue weighted by Gasteiger charge is 2.13. The molecule has 0 atom stereocenters. The number of nitrogens with zero attached hydrogens (tertiary/aromatic N) is 1. The highest BCUT2D eigenvalue weighted by Crippen LogP contribution is 2.17. The Balaban J connectivity index is 1.89. The lowest BCUT2D eigenvalue weighted by atomic mass is 10.1. The number of aromatic nitrogens is 1. The van der Waals surface area contributed by atoms with Crippen LogP contribution < -0.4 is 10.6 Å². The number of piperidine rings is 1. The summed E-state index contributed by atoms with van der Waals surface area (Å²) in [6, 6.07) is 0.617. The fourth-order valence-corrected chi connectivity index (χ4v) is 2.33. The summed E-state index contributed by atoms with van der Waals surface area (Å²) in [4.78, 5) is 4.39. The minimum absolute atomic E-state index is 0.617. The van der Waals surface area contributed by atoms with Gasteiger partial charge in [-0.25, -0.2) is 4.98 Å². The van der Waals surface area contributed by atoms with E-state index in [9.17, 15) is 0 Å². The molecule has 2 rings (SSSR count). The number of rotatable bonds is 2. The Kier molecular flexibility index (Phi) is 2.80. The zero-order chi connectivity index (χ0) is 9.10. The molecule has 0 spiro atoms. The summed E-state index contributed by atoms with van der Waals surface area (Å²) < 4.78 is 0. The average Bonchev–Trinajstić information content (AvgIpc) is 2.53. The van der Waals surface area contributed by atoms with Gasteiger partial charge in [0.15, 0.2) is 5.13 Å². The van der Waals surface area contributed by atoms with Gasteiger partial charge < -0.3 is 10.6 Å². The van der Waals surface area contributed by atoms with Crippen molar-refractivity contribution in [3.05, 3.63) is 11.1 Å². The van der Waals surface area contributed by atoms with Crippen molar-refractivity contribution in [1.82, 2.24) is 10.3 Å². The van der Waals surface area contributed by atoms with Crippen molar-refractivity contribution < 1.29 is 0 Å². The molecule has 1 fully saturated rings. The molecule has 0 saturated carbocycles. The molecule has 4 heteroatoms. The van der Waals surface area contributed by atoms with Crippen LogP contribution in [-0.4, -0.2) is 24.1 Å². The van der Waals surface area contributed by atoms with Crippen LogP contribution in [0.3, 0.4) is 0 Å². The Hall–Kier alpha value is -0.610. The maximum Gasteiger partial charge on any atom is 0.183 e. The molecule has 0 aromatic carbocycles. The van der Waals surface area contributed by atoms with E-state index >= 15 is 0 Å². The van der Waals surface area contributed by atoms with Crippen LogP contribution >= 0.6 is 11.3 Å². The Labute approximate surface area is 82.6 Å². The van der Waals surface area contributed by atoms with Crippen molar-refractivity contribution in [2.45, 2.75) is 25.8 Å². The topological polar surface area (TPSA) is 37.0 Å². The van der Waals surface area contributed by atoms with Crippen LogP contribution in [0.25, 0.3) is 0 Å². The Morgan fingerprint density at radius 1 is 1.54 bits per heavy atom. The van der Waals surface area contributed by atoms with Crippen molar-refractivity contribution in [2.75, 3.05) is 18.4 Å². The maximum atomic E-state index is 4.39. The minimum Gasteiger partial charge on any atom is -0.359 e. The van der Waals surface area contributed by atoms with Gasteiger partial charge in [0.25, 0.3) is 0 Å². The molecule has 1 aromatic heterocycles. The first-order valence-electron chi connectivity index (χ1n) is 4.74. The van der Waals surface area contributed by atoms with Crippen molar-refractivity contribution in [3.63, 3.8) is 0 Å². The first kappa shape index (κ1) is 8.97. The predicted molar refractivity (Wildman–Crippen MR) is 56.4 cm³/mol. The second-order valence-corrected chi connectivity index (χ2v) is 4.32. The zero-order valence-corrected chi connectivity index (χ0v) is 8.66. The van der Waals surface area contributed by atoms with Gasteiger partial charge in [-0.2, -0.15) is 0 Å². The number of hydrogen-bond acceptors (Lipinski definition) is 4. The van der Waals surface area contributed by atoms with E-state index in [-0.39, 0.29) is 0 Å². The Morgan fingerprint density at radius 2 is 2.31 bits per heavy atom. The Morgan fingerprint density at radius 3 is 2.92 bits per heavy atom. The fraction of sp³-hybridized carbons (Fsp3) is 0.667. The van der Waals surface area contributed by atoms with Gasteiger partial charge in [-0.05, 0) is 32.9 Å². The van der Waals surface area contributed by atoms with E-state index in [0.717, 1.165) is 23.9 Å². The second kappa shape index (κ2) is 4.07. The van der Waals surface area contributed by atoms with Gasteiger partial charge in [0.2, 0.25) is 0 Å². The van der Waals surface area contributed by atoms with Crippen LogP contribution in [0.5, 0.6) is 0 Å². The minimum atomic E-state index is 0.617. The van der Waals surface area contributed by atoms with Gasteiger partial charge in [-0.1, -0.05) is 0 Å². The van der Waals surface area contributed by atoms with Crippen LogP contribution in [0.4, 0.5) is 5.13 Å². The summed E-state index contributed by atoms with van der Waals surface area (Å²) in [5.41, 5.74) is 1.11. The number of aryl methyl sites for hydroxylation is 1. The molecule has 1 saturated heterocycles. The highest BCUT2D eigenvalue weighted by molar-refractivity contribution is 7.13. The zero-order valence-electron chi connectivity index (χ0n) is 7.84. The summed E-state index contributed by atoms with van der Waals surface area (Å²) >= 11 is 1.70. The lowest BCUT2D eigenvalue weighted by Gasteiger charge is -2.23. The second-order valence-electron chi connectivity index (χ2n) is 3.46. The fourth-order valence-electron chi connectivity index (χ4n) is 1.56. The number of nitrogens with one attached hydrogen (secondary N) is 2. The van der Waals surface area contributed by atoms with Gasteiger partial charge >= 0.3 is 0 Å². The first-order chi connectivity index (χ1) is 6.34. The van der Waals surface area contributed by atoms with E-state index in [1.54, 1.807) is 11.3 Å². The number of anilines is 1. The largest absolute Gasteiger partial charge is 0.359 e. The van der Waals surface area contributed by atoms with Crippen LogP contribution in [-0.2, 0) is 0 Å². The van der Waals surface area contributed by atoms with Crippen molar-refractivity contribution >= 4 is 16.5 Å². The van der Waals surface area contributed by atoms with Gasteiger partial charge in [0.05, 0.1) is 5.69 Å². The standard InChI is InChI=1S/C9H15N3S/c1-7-6-13-9(11-7)12-8-2-4-10-5-3-8/h6,8,10H,2-5H2,1H3,(H,11,12). The quantitative estimate of drug-likeness (QED) is 0.756. The molecule has 1 aliphatic heterocycles. The third-order valence-electron chi connectivity index (χ3n) is 2.29. The summed E-state index contributed by atoms with van der Waals surface area (Å²) in [6.45, 7) is 4.29. The molecule has 2 N–H and O–H groups in total. The summed E-state index contributed by atoms with van der Waals surface area (Å²) in [5.74, 6) is 0. The first-order valence-corrected chi connectivity index (χ1v) is 5.62. The molecule has 72 valence electrons. The molecule has 0 aliphatic carbocycles. The third-order valence-corrected chi connectivity index (χ3v) is 3.18. The highest BCUT2D eigenvalue weighted by atomic mass is 32.1. The maximum absolute atomic E-state index is 4.39. The summed E-state index contributed by atoms with van der Waals surface area (Å²) in [7, 11) is 0. The van der Waals surface area contributed by atoms with Crippen molar-refractivity contribution in [1.29, 1.82) is 0 Å². The monoisotopic (exact) mass is 197 g/mol. The third kappa shape index (κ3) is 2.42. The van der Waals surface area contributed by atoms with Crippen LogP contribution in [0.2, 0.25) is 0 Å². The molecule has 2 heterocycles.